The number of rotatable bonds is 4. The largest absolute Gasteiger partial charge is 0.347 e. The molecule has 1 aromatic carbocycles. The van der Waals surface area contributed by atoms with E-state index in [0.29, 0.717) is 6.54 Å². The summed E-state index contributed by atoms with van der Waals surface area (Å²) in [6, 6.07) is 12.2. The SMILES string of the molecule is CCn1c(C(=O)NCc2ccccc2C)cc2sccc21. The first kappa shape index (κ1) is 13.9. The zero-order valence-electron chi connectivity index (χ0n) is 12.2. The molecule has 1 amide bonds. The number of carbonyl (C=O) groups is 1. The molecule has 0 saturated carbocycles. The molecule has 4 heteroatoms. The van der Waals surface area contributed by atoms with Crippen molar-refractivity contribution in [2.45, 2.75) is 26.9 Å². The molecule has 2 heterocycles. The monoisotopic (exact) mass is 298 g/mol. The van der Waals surface area contributed by atoms with Crippen LogP contribution in [0.3, 0.4) is 0 Å². The summed E-state index contributed by atoms with van der Waals surface area (Å²) in [5.74, 6) is -0.0106. The molecule has 0 aliphatic rings. The van der Waals surface area contributed by atoms with Crippen LogP contribution < -0.4 is 5.32 Å². The Labute approximate surface area is 128 Å². The summed E-state index contributed by atoms with van der Waals surface area (Å²) in [7, 11) is 0. The maximum Gasteiger partial charge on any atom is 0.268 e. The van der Waals surface area contributed by atoms with E-state index in [1.165, 1.54) is 5.56 Å². The quantitative estimate of drug-likeness (QED) is 0.777. The van der Waals surface area contributed by atoms with E-state index in [4.69, 9.17) is 0 Å². The van der Waals surface area contributed by atoms with Crippen LogP contribution in [0.25, 0.3) is 10.2 Å². The van der Waals surface area contributed by atoms with Gasteiger partial charge < -0.3 is 9.88 Å². The van der Waals surface area contributed by atoms with Crippen LogP contribution in [0.2, 0.25) is 0 Å². The Kier molecular flexibility index (Phi) is 3.80. The standard InChI is InChI=1S/C17H18N2OS/c1-3-19-14-8-9-21-16(14)10-15(19)17(20)18-11-13-7-5-4-6-12(13)2/h4-10H,3,11H2,1-2H3,(H,18,20). The van der Waals surface area contributed by atoms with Crippen LogP contribution in [-0.4, -0.2) is 10.5 Å². The number of fused-ring (bicyclic) bond motifs is 1. The van der Waals surface area contributed by atoms with Gasteiger partial charge in [0.1, 0.15) is 5.69 Å². The molecule has 0 aliphatic carbocycles. The van der Waals surface area contributed by atoms with Gasteiger partial charge in [-0.15, -0.1) is 11.3 Å². The van der Waals surface area contributed by atoms with Gasteiger partial charge >= 0.3 is 0 Å². The average Bonchev–Trinajstić information content (AvgIpc) is 3.06. The summed E-state index contributed by atoms with van der Waals surface area (Å²) in [6.07, 6.45) is 0. The van der Waals surface area contributed by atoms with Gasteiger partial charge in [-0.05, 0) is 42.5 Å². The Bertz CT molecular complexity index is 785. The molecular formula is C17H18N2OS. The second-order valence-electron chi connectivity index (χ2n) is 5.05. The van der Waals surface area contributed by atoms with Crippen molar-refractivity contribution in [2.75, 3.05) is 0 Å². The van der Waals surface area contributed by atoms with E-state index < -0.39 is 0 Å². The van der Waals surface area contributed by atoms with Gasteiger partial charge in [-0.1, -0.05) is 24.3 Å². The molecule has 1 N–H and O–H groups in total. The lowest BCUT2D eigenvalue weighted by molar-refractivity contribution is 0.0942. The lowest BCUT2D eigenvalue weighted by Crippen LogP contribution is -2.25. The van der Waals surface area contributed by atoms with Gasteiger partial charge in [0.2, 0.25) is 0 Å². The first-order valence-electron chi connectivity index (χ1n) is 7.10. The van der Waals surface area contributed by atoms with Crippen molar-refractivity contribution >= 4 is 27.5 Å². The first-order chi connectivity index (χ1) is 10.2. The number of hydrogen-bond donors (Lipinski definition) is 1. The van der Waals surface area contributed by atoms with Crippen molar-refractivity contribution in [2.24, 2.45) is 0 Å². The number of aryl methyl sites for hydroxylation is 2. The molecule has 0 bridgehead atoms. The molecule has 0 unspecified atom stereocenters. The van der Waals surface area contributed by atoms with E-state index in [0.717, 1.165) is 28.0 Å². The van der Waals surface area contributed by atoms with Crippen molar-refractivity contribution in [3.63, 3.8) is 0 Å². The third-order valence-corrected chi connectivity index (χ3v) is 4.63. The molecule has 3 rings (SSSR count). The highest BCUT2D eigenvalue weighted by Crippen LogP contribution is 2.25. The average molecular weight is 298 g/mol. The van der Waals surface area contributed by atoms with Crippen molar-refractivity contribution < 1.29 is 4.79 Å². The number of nitrogens with zero attached hydrogens (tertiary/aromatic N) is 1. The number of carbonyl (C=O) groups excluding carboxylic acids is 1. The van der Waals surface area contributed by atoms with Crippen molar-refractivity contribution in [1.82, 2.24) is 9.88 Å². The lowest BCUT2D eigenvalue weighted by Gasteiger charge is -2.10. The molecule has 0 saturated heterocycles. The van der Waals surface area contributed by atoms with Crippen molar-refractivity contribution in [3.05, 3.63) is 58.6 Å². The van der Waals surface area contributed by atoms with E-state index in [9.17, 15) is 4.79 Å². The second-order valence-corrected chi connectivity index (χ2v) is 6.00. The number of aromatic nitrogens is 1. The fourth-order valence-electron chi connectivity index (χ4n) is 2.58. The fourth-order valence-corrected chi connectivity index (χ4v) is 3.40. The summed E-state index contributed by atoms with van der Waals surface area (Å²) in [4.78, 5) is 12.4. The Morgan fingerprint density at radius 1 is 1.29 bits per heavy atom. The van der Waals surface area contributed by atoms with Gasteiger partial charge in [-0.3, -0.25) is 4.79 Å². The molecule has 0 spiro atoms. The van der Waals surface area contributed by atoms with Crippen LogP contribution in [0.15, 0.2) is 41.8 Å². The molecular weight excluding hydrogens is 280 g/mol. The highest BCUT2D eigenvalue weighted by molar-refractivity contribution is 7.17. The Balaban J connectivity index is 1.81. The van der Waals surface area contributed by atoms with Crippen LogP contribution in [0.4, 0.5) is 0 Å². The molecule has 3 nitrogen and oxygen atoms in total. The summed E-state index contributed by atoms with van der Waals surface area (Å²) in [5.41, 5.74) is 4.24. The van der Waals surface area contributed by atoms with Crippen LogP contribution in [0.5, 0.6) is 0 Å². The first-order valence-corrected chi connectivity index (χ1v) is 7.98. The van der Waals surface area contributed by atoms with Crippen LogP contribution >= 0.6 is 11.3 Å². The third-order valence-electron chi connectivity index (χ3n) is 3.77. The van der Waals surface area contributed by atoms with E-state index in [1.807, 2.05) is 24.3 Å². The molecule has 21 heavy (non-hydrogen) atoms. The predicted molar refractivity (Wildman–Crippen MR) is 87.8 cm³/mol. The zero-order valence-corrected chi connectivity index (χ0v) is 13.0. The highest BCUT2D eigenvalue weighted by atomic mass is 32.1. The van der Waals surface area contributed by atoms with Gasteiger partial charge in [0, 0.05) is 13.1 Å². The summed E-state index contributed by atoms with van der Waals surface area (Å²) in [6.45, 7) is 5.49. The summed E-state index contributed by atoms with van der Waals surface area (Å²) in [5, 5.41) is 5.09. The Hall–Kier alpha value is -2.07. The Morgan fingerprint density at radius 2 is 2.10 bits per heavy atom. The highest BCUT2D eigenvalue weighted by Gasteiger charge is 2.15. The van der Waals surface area contributed by atoms with Crippen LogP contribution in [0, 0.1) is 6.92 Å². The van der Waals surface area contributed by atoms with Gasteiger partial charge in [0.25, 0.3) is 5.91 Å². The predicted octanol–water partition coefficient (Wildman–Crippen LogP) is 3.96. The number of amides is 1. The molecule has 2 aromatic heterocycles. The number of nitrogens with one attached hydrogen (secondary N) is 1. The number of benzene rings is 1. The molecule has 108 valence electrons. The topological polar surface area (TPSA) is 34.0 Å². The molecule has 0 fully saturated rings. The zero-order chi connectivity index (χ0) is 14.8. The summed E-state index contributed by atoms with van der Waals surface area (Å²) < 4.78 is 3.23. The minimum absolute atomic E-state index is 0.0106. The van der Waals surface area contributed by atoms with Gasteiger partial charge in [-0.2, -0.15) is 0 Å². The van der Waals surface area contributed by atoms with Gasteiger partial charge in [0.05, 0.1) is 10.2 Å². The normalized spacial score (nSPS) is 11.0. The van der Waals surface area contributed by atoms with Crippen LogP contribution in [-0.2, 0) is 13.1 Å². The maximum atomic E-state index is 12.4. The Morgan fingerprint density at radius 3 is 2.86 bits per heavy atom. The van der Waals surface area contributed by atoms with Gasteiger partial charge in [-0.25, -0.2) is 0 Å². The minimum Gasteiger partial charge on any atom is -0.347 e. The second kappa shape index (κ2) is 5.74. The number of hydrogen-bond acceptors (Lipinski definition) is 2. The van der Waals surface area contributed by atoms with Crippen molar-refractivity contribution in [3.8, 4) is 0 Å². The van der Waals surface area contributed by atoms with Crippen LogP contribution in [0.1, 0.15) is 28.5 Å². The summed E-state index contributed by atoms with van der Waals surface area (Å²) >= 11 is 1.67. The van der Waals surface area contributed by atoms with E-state index in [-0.39, 0.29) is 5.91 Å². The smallest absolute Gasteiger partial charge is 0.268 e. The lowest BCUT2D eigenvalue weighted by atomic mass is 10.1. The maximum absolute atomic E-state index is 12.4. The van der Waals surface area contributed by atoms with E-state index >= 15 is 0 Å². The minimum atomic E-state index is -0.0106. The van der Waals surface area contributed by atoms with Crippen molar-refractivity contribution in [1.29, 1.82) is 0 Å². The molecule has 0 aliphatic heterocycles. The van der Waals surface area contributed by atoms with E-state index in [2.05, 4.69) is 41.2 Å². The molecule has 0 atom stereocenters. The van der Waals surface area contributed by atoms with Gasteiger partial charge in [0.15, 0.2) is 0 Å². The molecule has 0 radical (unpaired) electrons. The third kappa shape index (κ3) is 2.59. The fraction of sp³-hybridized carbons (Fsp3) is 0.235. The number of thiophene rings is 1. The van der Waals surface area contributed by atoms with E-state index in [1.54, 1.807) is 11.3 Å². The molecule has 3 aromatic rings.